The monoisotopic (exact) mass is 416 g/mol. The van der Waals surface area contributed by atoms with Gasteiger partial charge in [-0.3, -0.25) is 14.9 Å². The predicted molar refractivity (Wildman–Crippen MR) is 101 cm³/mol. The molecule has 2 heterocycles. The smallest absolute Gasteiger partial charge is 0.282 e. The van der Waals surface area contributed by atoms with Gasteiger partial charge in [0.25, 0.3) is 11.6 Å². The first-order chi connectivity index (χ1) is 13.7. The summed E-state index contributed by atoms with van der Waals surface area (Å²) < 4.78 is 38.6. The number of halogens is 1. The van der Waals surface area contributed by atoms with Crippen LogP contribution in [0.15, 0.2) is 48.5 Å². The van der Waals surface area contributed by atoms with Crippen molar-refractivity contribution in [3.8, 4) is 5.69 Å². The SMILES string of the molecule is O=C(Nc1c2c(nn1-c1ccc(F)cc1)CS(=O)(=O)C2)c1ccccc1[N+](=O)[O-]. The van der Waals surface area contributed by atoms with Crippen LogP contribution in [0.4, 0.5) is 15.9 Å². The number of para-hydroxylation sites is 1. The van der Waals surface area contributed by atoms with Crippen molar-refractivity contribution in [1.29, 1.82) is 0 Å². The first-order valence-electron chi connectivity index (χ1n) is 8.37. The number of hydrogen-bond acceptors (Lipinski definition) is 6. The van der Waals surface area contributed by atoms with E-state index in [1.807, 2.05) is 0 Å². The Morgan fingerprint density at radius 1 is 1.14 bits per heavy atom. The van der Waals surface area contributed by atoms with E-state index in [0.717, 1.165) is 0 Å². The molecule has 1 aliphatic heterocycles. The zero-order valence-electron chi connectivity index (χ0n) is 14.7. The fourth-order valence-electron chi connectivity index (χ4n) is 3.14. The molecule has 11 heteroatoms. The van der Waals surface area contributed by atoms with Crippen molar-refractivity contribution in [2.24, 2.45) is 0 Å². The number of anilines is 1. The molecule has 0 saturated heterocycles. The fourth-order valence-corrected chi connectivity index (χ4v) is 4.63. The van der Waals surface area contributed by atoms with Gasteiger partial charge in [0.1, 0.15) is 17.2 Å². The molecule has 0 bridgehead atoms. The lowest BCUT2D eigenvalue weighted by Gasteiger charge is -2.11. The summed E-state index contributed by atoms with van der Waals surface area (Å²) in [7, 11) is -3.41. The Hall–Kier alpha value is -3.60. The van der Waals surface area contributed by atoms with Gasteiger partial charge in [-0.05, 0) is 30.3 Å². The van der Waals surface area contributed by atoms with Gasteiger partial charge in [0, 0.05) is 11.6 Å². The topological polar surface area (TPSA) is 124 Å². The minimum absolute atomic E-state index is 0.0795. The quantitative estimate of drug-likeness (QED) is 0.515. The molecule has 9 nitrogen and oxygen atoms in total. The second kappa shape index (κ2) is 6.78. The standard InChI is InChI=1S/C18H13FN4O5S/c19-11-5-7-12(8-6-11)22-17(14-9-29(27,28)10-15(14)21-22)20-18(24)13-3-1-2-4-16(13)23(25)26/h1-8H,9-10H2,(H,20,24). The molecule has 0 fully saturated rings. The molecule has 0 aliphatic carbocycles. The number of amides is 1. The van der Waals surface area contributed by atoms with Gasteiger partial charge >= 0.3 is 0 Å². The van der Waals surface area contributed by atoms with Crippen LogP contribution in [-0.2, 0) is 21.3 Å². The van der Waals surface area contributed by atoms with Crippen molar-refractivity contribution in [1.82, 2.24) is 9.78 Å². The van der Waals surface area contributed by atoms with Gasteiger partial charge in [0.15, 0.2) is 9.84 Å². The molecule has 0 atom stereocenters. The first kappa shape index (κ1) is 18.7. The number of carbonyl (C=O) groups excluding carboxylic acids is 1. The van der Waals surface area contributed by atoms with E-state index in [4.69, 9.17) is 0 Å². The third-order valence-electron chi connectivity index (χ3n) is 4.44. The molecule has 1 aliphatic rings. The lowest BCUT2D eigenvalue weighted by molar-refractivity contribution is -0.385. The maximum atomic E-state index is 13.3. The van der Waals surface area contributed by atoms with E-state index < -0.39 is 26.5 Å². The number of carbonyl (C=O) groups is 1. The van der Waals surface area contributed by atoms with E-state index in [1.54, 1.807) is 0 Å². The number of fused-ring (bicyclic) bond motifs is 1. The predicted octanol–water partition coefficient (Wildman–Crippen LogP) is 2.60. The molecule has 29 heavy (non-hydrogen) atoms. The normalized spacial score (nSPS) is 14.4. The minimum atomic E-state index is -3.41. The lowest BCUT2D eigenvalue weighted by atomic mass is 10.1. The molecule has 0 radical (unpaired) electrons. The summed E-state index contributed by atoms with van der Waals surface area (Å²) in [5.41, 5.74) is 0.408. The molecule has 148 valence electrons. The molecule has 1 amide bonds. The molecule has 0 spiro atoms. The number of nitro benzene ring substituents is 1. The van der Waals surface area contributed by atoms with Crippen LogP contribution in [0.2, 0.25) is 0 Å². The Balaban J connectivity index is 1.80. The highest BCUT2D eigenvalue weighted by Gasteiger charge is 2.34. The van der Waals surface area contributed by atoms with Crippen molar-refractivity contribution in [3.05, 3.63) is 81.3 Å². The van der Waals surface area contributed by atoms with Crippen molar-refractivity contribution in [2.75, 3.05) is 5.32 Å². The van der Waals surface area contributed by atoms with Gasteiger partial charge in [-0.1, -0.05) is 12.1 Å². The molecule has 4 rings (SSSR count). The highest BCUT2D eigenvalue weighted by molar-refractivity contribution is 7.90. The maximum absolute atomic E-state index is 13.3. The van der Waals surface area contributed by atoms with Gasteiger partial charge in [-0.2, -0.15) is 5.10 Å². The second-order valence-corrected chi connectivity index (χ2v) is 8.49. The highest BCUT2D eigenvalue weighted by Crippen LogP contribution is 2.33. The zero-order valence-corrected chi connectivity index (χ0v) is 15.5. The number of sulfone groups is 1. The van der Waals surface area contributed by atoms with E-state index in [1.165, 1.54) is 53.2 Å². The van der Waals surface area contributed by atoms with Gasteiger partial charge in [-0.15, -0.1) is 0 Å². The summed E-state index contributed by atoms with van der Waals surface area (Å²) in [5.74, 6) is -1.79. The number of benzene rings is 2. The average molecular weight is 416 g/mol. The van der Waals surface area contributed by atoms with Crippen LogP contribution in [0.1, 0.15) is 21.6 Å². The van der Waals surface area contributed by atoms with Crippen LogP contribution in [-0.4, -0.2) is 29.0 Å². The molecule has 1 N–H and O–H groups in total. The Labute approximate surface area is 163 Å². The summed E-state index contributed by atoms with van der Waals surface area (Å²) in [6.45, 7) is 0. The van der Waals surface area contributed by atoms with Crippen molar-refractivity contribution >= 4 is 27.2 Å². The van der Waals surface area contributed by atoms with Gasteiger partial charge in [-0.25, -0.2) is 17.5 Å². The van der Waals surface area contributed by atoms with E-state index >= 15 is 0 Å². The summed E-state index contributed by atoms with van der Waals surface area (Å²) in [6.07, 6.45) is 0. The van der Waals surface area contributed by atoms with Crippen LogP contribution in [0.25, 0.3) is 5.69 Å². The highest BCUT2D eigenvalue weighted by atomic mass is 32.2. The van der Waals surface area contributed by atoms with Crippen LogP contribution in [0.3, 0.4) is 0 Å². The number of aromatic nitrogens is 2. The van der Waals surface area contributed by atoms with E-state index in [2.05, 4.69) is 10.4 Å². The van der Waals surface area contributed by atoms with E-state index in [-0.39, 0.29) is 34.3 Å². The lowest BCUT2D eigenvalue weighted by Crippen LogP contribution is -2.18. The zero-order chi connectivity index (χ0) is 20.8. The number of nitrogens with zero attached hydrogens (tertiary/aromatic N) is 3. The van der Waals surface area contributed by atoms with Crippen LogP contribution in [0, 0.1) is 15.9 Å². The van der Waals surface area contributed by atoms with E-state index in [0.29, 0.717) is 11.3 Å². The largest absolute Gasteiger partial charge is 0.306 e. The molecule has 0 unspecified atom stereocenters. The van der Waals surface area contributed by atoms with E-state index in [9.17, 15) is 27.7 Å². The third kappa shape index (κ3) is 3.47. The summed E-state index contributed by atoms with van der Waals surface area (Å²) in [5, 5.41) is 18.0. The minimum Gasteiger partial charge on any atom is -0.306 e. The molecule has 0 saturated carbocycles. The van der Waals surface area contributed by atoms with Gasteiger partial charge in [0.2, 0.25) is 0 Å². The molecular weight excluding hydrogens is 403 g/mol. The Morgan fingerprint density at radius 3 is 2.52 bits per heavy atom. The summed E-state index contributed by atoms with van der Waals surface area (Å²) in [4.78, 5) is 23.3. The number of nitrogens with one attached hydrogen (secondary N) is 1. The second-order valence-electron chi connectivity index (χ2n) is 6.42. The third-order valence-corrected chi connectivity index (χ3v) is 5.88. The number of rotatable bonds is 4. The fraction of sp³-hybridized carbons (Fsp3) is 0.111. The average Bonchev–Trinajstić information content (AvgIpc) is 3.15. The van der Waals surface area contributed by atoms with Gasteiger partial charge in [0.05, 0.1) is 27.8 Å². The number of nitro groups is 1. The van der Waals surface area contributed by atoms with Crippen LogP contribution >= 0.6 is 0 Å². The maximum Gasteiger partial charge on any atom is 0.282 e. The molecule has 2 aromatic carbocycles. The van der Waals surface area contributed by atoms with Crippen molar-refractivity contribution in [3.63, 3.8) is 0 Å². The van der Waals surface area contributed by atoms with Crippen LogP contribution < -0.4 is 5.32 Å². The van der Waals surface area contributed by atoms with Gasteiger partial charge < -0.3 is 5.32 Å². The summed E-state index contributed by atoms with van der Waals surface area (Å²) in [6, 6.07) is 10.7. The summed E-state index contributed by atoms with van der Waals surface area (Å²) >= 11 is 0. The van der Waals surface area contributed by atoms with Crippen molar-refractivity contribution < 1.29 is 22.5 Å². The van der Waals surface area contributed by atoms with Crippen LogP contribution in [0.5, 0.6) is 0 Å². The molecule has 1 aromatic heterocycles. The van der Waals surface area contributed by atoms with Crippen molar-refractivity contribution in [2.45, 2.75) is 11.5 Å². The Kier molecular flexibility index (Phi) is 4.38. The number of hydrogen-bond donors (Lipinski definition) is 1. The Bertz CT molecular complexity index is 1250. The molecular formula is C18H13FN4O5S. The Morgan fingerprint density at radius 2 is 1.83 bits per heavy atom. The first-order valence-corrected chi connectivity index (χ1v) is 10.2. The molecule has 3 aromatic rings.